The quantitative estimate of drug-likeness (QED) is 0.384. The van der Waals surface area contributed by atoms with Gasteiger partial charge in [-0.2, -0.15) is 4.89 Å². The second-order valence-corrected chi connectivity index (χ2v) is 3.25. The summed E-state index contributed by atoms with van der Waals surface area (Å²) < 4.78 is 5.28. The van der Waals surface area contributed by atoms with Gasteiger partial charge < -0.3 is 4.74 Å². The first-order valence-corrected chi connectivity index (χ1v) is 4.87. The summed E-state index contributed by atoms with van der Waals surface area (Å²) in [5, 5.41) is 0. The zero-order valence-electron chi connectivity index (χ0n) is 8.45. The number of carbonyl (C=O) groups excluding carboxylic acids is 1. The van der Waals surface area contributed by atoms with Crippen LogP contribution in [0.25, 0.3) is 0 Å². The summed E-state index contributed by atoms with van der Waals surface area (Å²) in [7, 11) is 0. The van der Waals surface area contributed by atoms with Crippen LogP contribution in [-0.2, 0) is 19.3 Å². The molecule has 1 rings (SSSR count). The van der Waals surface area contributed by atoms with Crippen molar-refractivity contribution in [3.8, 4) is 0 Å². The number of carbonyl (C=O) groups is 1. The van der Waals surface area contributed by atoms with Gasteiger partial charge in [-0.3, -0.25) is 4.89 Å². The minimum atomic E-state index is -0.495. The van der Waals surface area contributed by atoms with E-state index in [1.54, 1.807) is 0 Å². The summed E-state index contributed by atoms with van der Waals surface area (Å²) in [5.74, 6) is -0.495. The summed E-state index contributed by atoms with van der Waals surface area (Å²) >= 11 is 0. The zero-order chi connectivity index (χ0) is 10.4. The molecule has 1 saturated heterocycles. The van der Waals surface area contributed by atoms with Gasteiger partial charge in [0.25, 0.3) is 0 Å². The molecule has 0 aromatic rings. The van der Waals surface area contributed by atoms with Gasteiger partial charge in [0, 0.05) is 12.2 Å². The molecular formula is C10H16O4. The number of ether oxygens (including phenoxy) is 1. The lowest BCUT2D eigenvalue weighted by molar-refractivity contribution is -0.278. The molecule has 14 heavy (non-hydrogen) atoms. The van der Waals surface area contributed by atoms with Gasteiger partial charge in [-0.15, -0.1) is 0 Å². The van der Waals surface area contributed by atoms with E-state index < -0.39 is 5.97 Å². The Hall–Kier alpha value is -0.870. The van der Waals surface area contributed by atoms with Crippen molar-refractivity contribution in [3.05, 3.63) is 12.2 Å². The highest BCUT2D eigenvalue weighted by molar-refractivity contribution is 5.87. The topological polar surface area (TPSA) is 44.8 Å². The first kappa shape index (κ1) is 11.2. The predicted molar refractivity (Wildman–Crippen MR) is 50.4 cm³/mol. The van der Waals surface area contributed by atoms with E-state index in [1.165, 1.54) is 0 Å². The Morgan fingerprint density at radius 1 is 1.64 bits per heavy atom. The molecule has 0 bridgehead atoms. The summed E-state index contributed by atoms with van der Waals surface area (Å²) in [6.07, 6.45) is 2.65. The van der Waals surface area contributed by atoms with Crippen molar-refractivity contribution >= 4 is 5.97 Å². The highest BCUT2D eigenvalue weighted by atomic mass is 17.2. The van der Waals surface area contributed by atoms with Gasteiger partial charge in [-0.05, 0) is 19.3 Å². The van der Waals surface area contributed by atoms with E-state index >= 15 is 0 Å². The van der Waals surface area contributed by atoms with Crippen LogP contribution in [0, 0.1) is 0 Å². The van der Waals surface area contributed by atoms with E-state index in [4.69, 9.17) is 9.62 Å². The molecular weight excluding hydrogens is 184 g/mol. The largest absolute Gasteiger partial charge is 0.376 e. The Labute approximate surface area is 83.8 Å². The van der Waals surface area contributed by atoms with Gasteiger partial charge in [0.05, 0.1) is 6.10 Å². The third kappa shape index (κ3) is 3.47. The van der Waals surface area contributed by atoms with Gasteiger partial charge in [-0.1, -0.05) is 13.5 Å². The fraction of sp³-hybridized carbons (Fsp3) is 0.700. The molecule has 0 radical (unpaired) electrons. The summed E-state index contributed by atoms with van der Waals surface area (Å²) in [5.41, 5.74) is 0.414. The monoisotopic (exact) mass is 200 g/mol. The van der Waals surface area contributed by atoms with Gasteiger partial charge in [0.2, 0.25) is 0 Å². The Kier molecular flexibility index (Phi) is 4.62. The van der Waals surface area contributed by atoms with Crippen molar-refractivity contribution in [2.45, 2.75) is 32.3 Å². The van der Waals surface area contributed by atoms with Crippen LogP contribution in [-0.4, -0.2) is 25.3 Å². The lowest BCUT2D eigenvalue weighted by Crippen LogP contribution is -2.17. The Morgan fingerprint density at radius 3 is 3.00 bits per heavy atom. The maximum absolute atomic E-state index is 11.1. The average Bonchev–Trinajstić information content (AvgIpc) is 2.69. The standard InChI is InChI=1S/C10H16O4/c1-3-8(2)10(11)14-13-7-9-5-4-6-12-9/h9H,2-7H2,1H3. The van der Waals surface area contributed by atoms with Crippen LogP contribution >= 0.6 is 0 Å². The van der Waals surface area contributed by atoms with Crippen molar-refractivity contribution < 1.29 is 19.3 Å². The molecule has 1 aliphatic rings. The fourth-order valence-corrected chi connectivity index (χ4v) is 1.14. The van der Waals surface area contributed by atoms with Crippen molar-refractivity contribution in [1.82, 2.24) is 0 Å². The second-order valence-electron chi connectivity index (χ2n) is 3.25. The lowest BCUT2D eigenvalue weighted by atomic mass is 10.2. The zero-order valence-corrected chi connectivity index (χ0v) is 8.45. The minimum absolute atomic E-state index is 0.0673. The summed E-state index contributed by atoms with van der Waals surface area (Å²) in [6.45, 7) is 6.45. The smallest absolute Gasteiger partial charge is 0.368 e. The van der Waals surface area contributed by atoms with Crippen LogP contribution < -0.4 is 0 Å². The average molecular weight is 200 g/mol. The molecule has 0 N–H and O–H groups in total. The van der Waals surface area contributed by atoms with Gasteiger partial charge in [0.15, 0.2) is 0 Å². The Balaban J connectivity index is 2.08. The predicted octanol–water partition coefficient (Wildman–Crippen LogP) is 1.61. The molecule has 0 saturated carbocycles. The van der Waals surface area contributed by atoms with Crippen LogP contribution in [0.2, 0.25) is 0 Å². The van der Waals surface area contributed by atoms with E-state index in [1.807, 2.05) is 6.92 Å². The first-order chi connectivity index (χ1) is 6.74. The first-order valence-electron chi connectivity index (χ1n) is 4.87. The molecule has 4 nitrogen and oxygen atoms in total. The Morgan fingerprint density at radius 2 is 2.43 bits per heavy atom. The molecule has 0 aromatic heterocycles. The second kappa shape index (κ2) is 5.78. The molecule has 0 aromatic carbocycles. The molecule has 0 spiro atoms. The molecule has 1 aliphatic heterocycles. The molecule has 1 atom stereocenters. The van der Waals surface area contributed by atoms with E-state index in [0.29, 0.717) is 18.6 Å². The highest BCUT2D eigenvalue weighted by Crippen LogP contribution is 2.12. The van der Waals surface area contributed by atoms with E-state index in [-0.39, 0.29) is 6.10 Å². The van der Waals surface area contributed by atoms with Crippen molar-refractivity contribution in [2.24, 2.45) is 0 Å². The van der Waals surface area contributed by atoms with Crippen LogP contribution in [0.15, 0.2) is 12.2 Å². The fourth-order valence-electron chi connectivity index (χ4n) is 1.14. The molecule has 1 unspecified atom stereocenters. The highest BCUT2D eigenvalue weighted by Gasteiger charge is 2.17. The van der Waals surface area contributed by atoms with Crippen molar-refractivity contribution in [2.75, 3.05) is 13.2 Å². The third-order valence-electron chi connectivity index (χ3n) is 2.13. The molecule has 1 fully saturated rings. The Bertz CT molecular complexity index is 206. The minimum Gasteiger partial charge on any atom is -0.376 e. The van der Waals surface area contributed by atoms with Gasteiger partial charge in [0.1, 0.15) is 6.61 Å². The molecule has 0 amide bonds. The third-order valence-corrected chi connectivity index (χ3v) is 2.13. The van der Waals surface area contributed by atoms with E-state index in [2.05, 4.69) is 11.5 Å². The van der Waals surface area contributed by atoms with Gasteiger partial charge >= 0.3 is 5.97 Å². The molecule has 4 heteroatoms. The van der Waals surface area contributed by atoms with Crippen LogP contribution in [0.1, 0.15) is 26.2 Å². The van der Waals surface area contributed by atoms with E-state index in [9.17, 15) is 4.79 Å². The summed E-state index contributed by atoms with van der Waals surface area (Å²) in [4.78, 5) is 20.4. The number of rotatable bonds is 5. The SMILES string of the molecule is C=C(CC)C(=O)OOCC1CCCO1. The summed E-state index contributed by atoms with van der Waals surface area (Å²) in [6, 6.07) is 0. The molecule has 0 aliphatic carbocycles. The van der Waals surface area contributed by atoms with E-state index in [0.717, 1.165) is 19.4 Å². The van der Waals surface area contributed by atoms with Crippen LogP contribution in [0.4, 0.5) is 0 Å². The van der Waals surface area contributed by atoms with Crippen molar-refractivity contribution in [3.63, 3.8) is 0 Å². The normalized spacial score (nSPS) is 20.8. The van der Waals surface area contributed by atoms with Crippen molar-refractivity contribution in [1.29, 1.82) is 0 Å². The van der Waals surface area contributed by atoms with Crippen LogP contribution in [0.5, 0.6) is 0 Å². The lowest BCUT2D eigenvalue weighted by Gasteiger charge is -2.08. The van der Waals surface area contributed by atoms with Gasteiger partial charge in [-0.25, -0.2) is 4.79 Å². The molecule has 1 heterocycles. The number of hydrogen-bond donors (Lipinski definition) is 0. The number of hydrogen-bond acceptors (Lipinski definition) is 4. The maximum atomic E-state index is 11.1. The van der Waals surface area contributed by atoms with Crippen LogP contribution in [0.3, 0.4) is 0 Å². The molecule has 80 valence electrons. The maximum Gasteiger partial charge on any atom is 0.368 e.